The first-order valence-electron chi connectivity index (χ1n) is 9.65. The number of hydrogen-bond acceptors (Lipinski definition) is 3. The van der Waals surface area contributed by atoms with Gasteiger partial charge in [-0.25, -0.2) is 8.78 Å². The number of hydrogen-bond donors (Lipinski definition) is 0. The third-order valence-corrected chi connectivity index (χ3v) is 5.38. The molecule has 2 fully saturated rings. The summed E-state index contributed by atoms with van der Waals surface area (Å²) in [5.41, 5.74) is 0. The van der Waals surface area contributed by atoms with Crippen molar-refractivity contribution in [1.29, 1.82) is 0 Å². The SMILES string of the molecule is CC(Oc1ccc(F)c(F)c1)C(=O)N1CCC(C(=O)N2CCCCC2)CC1. The molecule has 3 rings (SSSR count). The Morgan fingerprint density at radius 3 is 2.30 bits per heavy atom. The predicted octanol–water partition coefficient (Wildman–Crippen LogP) is 2.98. The van der Waals surface area contributed by atoms with E-state index < -0.39 is 17.7 Å². The molecule has 7 heteroatoms. The van der Waals surface area contributed by atoms with Crippen LogP contribution < -0.4 is 4.74 Å². The molecular formula is C20H26F2N2O3. The molecular weight excluding hydrogens is 354 g/mol. The minimum atomic E-state index is -1.01. The lowest BCUT2D eigenvalue weighted by atomic mass is 9.94. The summed E-state index contributed by atoms with van der Waals surface area (Å²) in [7, 11) is 0. The number of ether oxygens (including phenoxy) is 1. The molecule has 27 heavy (non-hydrogen) atoms. The van der Waals surface area contributed by atoms with Crippen molar-refractivity contribution in [3.05, 3.63) is 29.8 Å². The Balaban J connectivity index is 1.50. The van der Waals surface area contributed by atoms with E-state index in [0.717, 1.165) is 38.1 Å². The standard InChI is InChI=1S/C20H26F2N2O3/c1-14(27-16-5-6-17(21)18(22)13-16)19(25)24-11-7-15(8-12-24)20(26)23-9-3-2-4-10-23/h5-6,13-15H,2-4,7-12H2,1H3. The van der Waals surface area contributed by atoms with Gasteiger partial charge in [0.25, 0.3) is 5.91 Å². The summed E-state index contributed by atoms with van der Waals surface area (Å²) in [5, 5.41) is 0. The van der Waals surface area contributed by atoms with Crippen LogP contribution in [0.2, 0.25) is 0 Å². The number of rotatable bonds is 4. The van der Waals surface area contributed by atoms with Gasteiger partial charge in [0.1, 0.15) is 5.75 Å². The molecule has 0 aliphatic carbocycles. The van der Waals surface area contributed by atoms with Crippen LogP contribution in [0.5, 0.6) is 5.75 Å². The van der Waals surface area contributed by atoms with Crippen LogP contribution in [0.3, 0.4) is 0 Å². The van der Waals surface area contributed by atoms with Crippen molar-refractivity contribution in [3.63, 3.8) is 0 Å². The summed E-state index contributed by atoms with van der Waals surface area (Å²) in [6, 6.07) is 3.20. The van der Waals surface area contributed by atoms with Crippen molar-refractivity contribution >= 4 is 11.8 Å². The van der Waals surface area contributed by atoms with E-state index in [1.807, 2.05) is 4.90 Å². The fourth-order valence-electron chi connectivity index (χ4n) is 3.78. The van der Waals surface area contributed by atoms with Crippen LogP contribution in [0.25, 0.3) is 0 Å². The monoisotopic (exact) mass is 380 g/mol. The fourth-order valence-corrected chi connectivity index (χ4v) is 3.78. The van der Waals surface area contributed by atoms with Gasteiger partial charge < -0.3 is 14.5 Å². The highest BCUT2D eigenvalue weighted by molar-refractivity contribution is 5.82. The van der Waals surface area contributed by atoms with Gasteiger partial charge in [0.2, 0.25) is 5.91 Å². The number of carbonyl (C=O) groups excluding carboxylic acids is 2. The van der Waals surface area contributed by atoms with E-state index in [1.165, 1.54) is 12.5 Å². The van der Waals surface area contributed by atoms with Gasteiger partial charge in [0, 0.05) is 38.2 Å². The number of carbonyl (C=O) groups is 2. The zero-order valence-corrected chi connectivity index (χ0v) is 15.6. The highest BCUT2D eigenvalue weighted by Gasteiger charge is 2.32. The van der Waals surface area contributed by atoms with Gasteiger partial charge in [-0.05, 0) is 51.2 Å². The highest BCUT2D eigenvalue weighted by Crippen LogP contribution is 2.23. The maximum Gasteiger partial charge on any atom is 0.263 e. The molecule has 2 saturated heterocycles. The van der Waals surface area contributed by atoms with Crippen molar-refractivity contribution < 1.29 is 23.1 Å². The van der Waals surface area contributed by atoms with E-state index in [9.17, 15) is 18.4 Å². The Morgan fingerprint density at radius 1 is 1.00 bits per heavy atom. The molecule has 2 aliphatic heterocycles. The number of benzene rings is 1. The lowest BCUT2D eigenvalue weighted by molar-refractivity contribution is -0.144. The number of amides is 2. The molecule has 0 radical (unpaired) electrons. The molecule has 0 N–H and O–H groups in total. The molecule has 5 nitrogen and oxygen atoms in total. The van der Waals surface area contributed by atoms with Crippen molar-refractivity contribution in [1.82, 2.24) is 9.80 Å². The summed E-state index contributed by atoms with van der Waals surface area (Å²) in [5.74, 6) is -1.86. The topological polar surface area (TPSA) is 49.9 Å². The van der Waals surface area contributed by atoms with Crippen LogP contribution in [0.4, 0.5) is 8.78 Å². The Bertz CT molecular complexity index is 684. The second-order valence-corrected chi connectivity index (χ2v) is 7.32. The molecule has 0 saturated carbocycles. The molecule has 1 atom stereocenters. The molecule has 2 amide bonds. The van der Waals surface area contributed by atoms with Crippen molar-refractivity contribution in [2.45, 2.75) is 45.1 Å². The minimum absolute atomic E-state index is 0.0189. The van der Waals surface area contributed by atoms with E-state index in [0.29, 0.717) is 25.9 Å². The van der Waals surface area contributed by atoms with E-state index in [2.05, 4.69) is 0 Å². The van der Waals surface area contributed by atoms with Crippen LogP contribution in [-0.4, -0.2) is 53.9 Å². The van der Waals surface area contributed by atoms with E-state index in [-0.39, 0.29) is 23.5 Å². The van der Waals surface area contributed by atoms with Gasteiger partial charge in [-0.15, -0.1) is 0 Å². The van der Waals surface area contributed by atoms with E-state index in [4.69, 9.17) is 4.74 Å². The summed E-state index contributed by atoms with van der Waals surface area (Å²) in [6.07, 6.45) is 3.83. The molecule has 1 aromatic rings. The lowest BCUT2D eigenvalue weighted by Gasteiger charge is -2.36. The number of nitrogens with zero attached hydrogens (tertiary/aromatic N) is 2. The first-order valence-corrected chi connectivity index (χ1v) is 9.65. The molecule has 0 bridgehead atoms. The largest absolute Gasteiger partial charge is 0.481 e. The maximum atomic E-state index is 13.3. The average Bonchev–Trinajstić information content (AvgIpc) is 2.70. The van der Waals surface area contributed by atoms with Gasteiger partial charge >= 0.3 is 0 Å². The van der Waals surface area contributed by atoms with Crippen LogP contribution >= 0.6 is 0 Å². The normalized spacial score (nSPS) is 19.7. The van der Waals surface area contributed by atoms with Gasteiger partial charge in [-0.3, -0.25) is 9.59 Å². The number of halogens is 2. The van der Waals surface area contributed by atoms with Crippen molar-refractivity contribution in [3.8, 4) is 5.75 Å². The van der Waals surface area contributed by atoms with Gasteiger partial charge in [0.15, 0.2) is 17.7 Å². The van der Waals surface area contributed by atoms with Gasteiger partial charge in [0.05, 0.1) is 0 Å². The van der Waals surface area contributed by atoms with Gasteiger partial charge in [-0.1, -0.05) is 0 Å². The Morgan fingerprint density at radius 2 is 1.67 bits per heavy atom. The highest BCUT2D eigenvalue weighted by atomic mass is 19.2. The zero-order valence-electron chi connectivity index (χ0n) is 15.6. The molecule has 148 valence electrons. The van der Waals surface area contributed by atoms with Gasteiger partial charge in [-0.2, -0.15) is 0 Å². The molecule has 0 spiro atoms. The number of piperidine rings is 2. The van der Waals surface area contributed by atoms with E-state index in [1.54, 1.807) is 11.8 Å². The summed E-state index contributed by atoms with van der Waals surface area (Å²) in [4.78, 5) is 28.8. The summed E-state index contributed by atoms with van der Waals surface area (Å²) in [6.45, 7) is 4.30. The fraction of sp³-hybridized carbons (Fsp3) is 0.600. The first kappa shape index (κ1) is 19.6. The molecule has 0 aromatic heterocycles. The molecule has 2 aliphatic rings. The Labute approximate surface area is 158 Å². The second kappa shape index (κ2) is 8.67. The zero-order chi connectivity index (χ0) is 19.4. The Hall–Kier alpha value is -2.18. The predicted molar refractivity (Wildman–Crippen MR) is 96.2 cm³/mol. The summed E-state index contributed by atoms with van der Waals surface area (Å²) < 4.78 is 31.7. The maximum absolute atomic E-state index is 13.3. The summed E-state index contributed by atoms with van der Waals surface area (Å²) >= 11 is 0. The van der Waals surface area contributed by atoms with Crippen molar-refractivity contribution in [2.75, 3.05) is 26.2 Å². The van der Waals surface area contributed by atoms with Crippen LogP contribution in [0.15, 0.2) is 18.2 Å². The van der Waals surface area contributed by atoms with Crippen LogP contribution in [0.1, 0.15) is 39.0 Å². The molecule has 1 aromatic carbocycles. The quantitative estimate of drug-likeness (QED) is 0.807. The lowest BCUT2D eigenvalue weighted by Crippen LogP contribution is -2.48. The van der Waals surface area contributed by atoms with Crippen LogP contribution in [0, 0.1) is 17.6 Å². The smallest absolute Gasteiger partial charge is 0.263 e. The average molecular weight is 380 g/mol. The molecule has 1 unspecified atom stereocenters. The van der Waals surface area contributed by atoms with Crippen molar-refractivity contribution in [2.24, 2.45) is 5.92 Å². The third kappa shape index (κ3) is 4.76. The number of likely N-dealkylation sites (tertiary alicyclic amines) is 2. The second-order valence-electron chi connectivity index (χ2n) is 7.32. The minimum Gasteiger partial charge on any atom is -0.481 e. The Kier molecular flexibility index (Phi) is 6.29. The van der Waals surface area contributed by atoms with E-state index >= 15 is 0 Å². The molecule has 2 heterocycles. The third-order valence-electron chi connectivity index (χ3n) is 5.38. The first-order chi connectivity index (χ1) is 13.0. The van der Waals surface area contributed by atoms with Crippen LogP contribution in [-0.2, 0) is 9.59 Å².